The van der Waals surface area contributed by atoms with Crippen molar-refractivity contribution in [1.82, 2.24) is 19.6 Å². The van der Waals surface area contributed by atoms with E-state index in [0.717, 1.165) is 23.7 Å². The molecule has 2 aromatic carbocycles. The fourth-order valence-electron chi connectivity index (χ4n) is 6.32. The summed E-state index contributed by atoms with van der Waals surface area (Å²) in [7, 11) is 2.09. The van der Waals surface area contributed by atoms with Crippen LogP contribution in [0.25, 0.3) is 0 Å². The van der Waals surface area contributed by atoms with Crippen LogP contribution in [-0.4, -0.2) is 64.4 Å². The van der Waals surface area contributed by atoms with Gasteiger partial charge in [-0.05, 0) is 62.9 Å². The van der Waals surface area contributed by atoms with Crippen LogP contribution in [0.15, 0.2) is 48.7 Å². The zero-order chi connectivity index (χ0) is 29.6. The fourth-order valence-corrected chi connectivity index (χ4v) is 6.32. The highest BCUT2D eigenvalue weighted by Crippen LogP contribution is 2.37. The maximum absolute atomic E-state index is 14.6. The minimum atomic E-state index is -4.54. The molecule has 11 heteroatoms. The van der Waals surface area contributed by atoms with E-state index in [1.165, 1.54) is 35.9 Å². The Hall–Kier alpha value is -3.60. The zero-order valence-electron chi connectivity index (χ0n) is 23.9. The molecule has 2 amide bonds. The highest BCUT2D eigenvalue weighted by atomic mass is 19.4. The van der Waals surface area contributed by atoms with E-state index in [0.29, 0.717) is 56.6 Å². The SMILES string of the molecule is Cc1cccc(F)c1N1CCC(N2Cc3cn(CCN(C)C4CC4)nc3N(Cc3ccccc3C(F)(F)F)C2=O)CC1. The number of anilines is 2. The number of hydrogen-bond donors (Lipinski definition) is 0. The number of carbonyl (C=O) groups is 1. The van der Waals surface area contributed by atoms with Crippen molar-refractivity contribution in [2.45, 2.75) is 70.5 Å². The molecule has 224 valence electrons. The van der Waals surface area contributed by atoms with Gasteiger partial charge < -0.3 is 14.7 Å². The summed E-state index contributed by atoms with van der Waals surface area (Å²) in [6, 6.07) is 10.6. The summed E-state index contributed by atoms with van der Waals surface area (Å²) in [4.78, 5) is 21.5. The Labute approximate surface area is 243 Å². The standard InChI is InChI=1S/C31H36F4N6O/c1-21-6-5-9-27(32)28(21)38-14-12-25(13-15-38)40-20-23-18-39(17-16-37(2)24-10-11-24)36-29(23)41(30(40)42)19-22-7-3-4-8-26(22)31(33,34)35/h3-9,18,24-25H,10-17,19-20H2,1-2H3. The maximum Gasteiger partial charge on any atom is 0.416 e. The van der Waals surface area contributed by atoms with Crippen molar-refractivity contribution in [2.75, 3.05) is 36.5 Å². The van der Waals surface area contributed by atoms with Crippen LogP contribution in [0, 0.1) is 12.7 Å². The lowest BCUT2D eigenvalue weighted by Crippen LogP contribution is -2.54. The van der Waals surface area contributed by atoms with Gasteiger partial charge in [-0.1, -0.05) is 30.3 Å². The lowest BCUT2D eigenvalue weighted by atomic mass is 10.00. The number of aromatic nitrogens is 2. The molecule has 0 spiro atoms. The Bertz CT molecular complexity index is 1420. The second kappa shape index (κ2) is 11.2. The molecule has 1 saturated heterocycles. The van der Waals surface area contributed by atoms with Crippen LogP contribution in [0.5, 0.6) is 0 Å². The number of halogens is 4. The summed E-state index contributed by atoms with van der Waals surface area (Å²) in [5.41, 5.74) is 1.54. The number of rotatable bonds is 8. The minimum absolute atomic E-state index is 0.0269. The Morgan fingerprint density at radius 3 is 2.45 bits per heavy atom. The van der Waals surface area contributed by atoms with E-state index in [-0.39, 0.29) is 30.0 Å². The van der Waals surface area contributed by atoms with Gasteiger partial charge in [0.2, 0.25) is 0 Å². The number of likely N-dealkylation sites (N-methyl/N-ethyl adjacent to an activating group) is 1. The van der Waals surface area contributed by atoms with Gasteiger partial charge in [0.15, 0.2) is 5.82 Å². The molecule has 7 nitrogen and oxygen atoms in total. The minimum Gasteiger partial charge on any atom is -0.369 e. The van der Waals surface area contributed by atoms with Gasteiger partial charge in [-0.25, -0.2) is 9.18 Å². The van der Waals surface area contributed by atoms with Crippen LogP contribution in [0.1, 0.15) is 47.9 Å². The first-order chi connectivity index (χ1) is 20.1. The summed E-state index contributed by atoms with van der Waals surface area (Å²) in [6.07, 6.45) is 1.02. The fraction of sp³-hybridized carbons (Fsp3) is 0.484. The van der Waals surface area contributed by atoms with Gasteiger partial charge in [0.1, 0.15) is 5.82 Å². The monoisotopic (exact) mass is 584 g/mol. The molecule has 42 heavy (non-hydrogen) atoms. The molecule has 2 fully saturated rings. The smallest absolute Gasteiger partial charge is 0.369 e. The molecular formula is C31H36F4N6O. The van der Waals surface area contributed by atoms with Gasteiger partial charge in [-0.2, -0.15) is 18.3 Å². The van der Waals surface area contributed by atoms with E-state index < -0.39 is 11.7 Å². The van der Waals surface area contributed by atoms with Gasteiger partial charge in [0, 0.05) is 43.5 Å². The molecular weight excluding hydrogens is 548 g/mol. The first-order valence-electron chi connectivity index (χ1n) is 14.6. The number of amides is 2. The van der Waals surface area contributed by atoms with Crippen molar-refractivity contribution >= 4 is 17.5 Å². The molecule has 1 saturated carbocycles. The number of fused-ring (bicyclic) bond motifs is 1. The van der Waals surface area contributed by atoms with Crippen LogP contribution in [0.4, 0.5) is 33.9 Å². The summed E-state index contributed by atoms with van der Waals surface area (Å²) in [5, 5.41) is 4.71. The summed E-state index contributed by atoms with van der Waals surface area (Å²) in [5.74, 6) is 0.156. The Balaban J connectivity index is 1.26. The predicted molar refractivity (Wildman–Crippen MR) is 153 cm³/mol. The van der Waals surface area contributed by atoms with Gasteiger partial charge in [0.05, 0.1) is 30.9 Å². The van der Waals surface area contributed by atoms with E-state index in [4.69, 9.17) is 5.10 Å². The molecule has 0 bridgehead atoms. The topological polar surface area (TPSA) is 47.9 Å². The lowest BCUT2D eigenvalue weighted by Gasteiger charge is -2.43. The molecule has 1 aliphatic carbocycles. The zero-order valence-corrected chi connectivity index (χ0v) is 23.9. The second-order valence-corrected chi connectivity index (χ2v) is 11.7. The number of hydrogen-bond acceptors (Lipinski definition) is 4. The molecule has 0 atom stereocenters. The summed E-state index contributed by atoms with van der Waals surface area (Å²) >= 11 is 0. The molecule has 6 rings (SSSR count). The van der Waals surface area contributed by atoms with Crippen LogP contribution >= 0.6 is 0 Å². The van der Waals surface area contributed by atoms with E-state index in [1.807, 2.05) is 28.8 Å². The average Bonchev–Trinajstić information content (AvgIpc) is 3.73. The number of para-hydroxylation sites is 1. The highest BCUT2D eigenvalue weighted by molar-refractivity contribution is 5.94. The third-order valence-corrected chi connectivity index (χ3v) is 8.80. The normalized spacial score (nSPS) is 18.3. The van der Waals surface area contributed by atoms with Crippen LogP contribution in [-0.2, 0) is 25.8 Å². The van der Waals surface area contributed by atoms with Crippen LogP contribution in [0.3, 0.4) is 0 Å². The third-order valence-electron chi connectivity index (χ3n) is 8.80. The second-order valence-electron chi connectivity index (χ2n) is 11.7. The first-order valence-corrected chi connectivity index (χ1v) is 14.6. The molecule has 3 aliphatic rings. The lowest BCUT2D eigenvalue weighted by molar-refractivity contribution is -0.138. The maximum atomic E-state index is 14.6. The number of alkyl halides is 3. The number of aryl methyl sites for hydroxylation is 1. The molecule has 1 aromatic heterocycles. The van der Waals surface area contributed by atoms with Crippen LogP contribution in [0.2, 0.25) is 0 Å². The first kappa shape index (κ1) is 28.5. The Kier molecular flexibility index (Phi) is 7.63. The van der Waals surface area contributed by atoms with Crippen LogP contribution < -0.4 is 9.80 Å². The largest absolute Gasteiger partial charge is 0.416 e. The van der Waals surface area contributed by atoms with Crippen molar-refractivity contribution in [2.24, 2.45) is 0 Å². The number of carbonyl (C=O) groups excluding carboxylic acids is 1. The number of urea groups is 1. The van der Waals surface area contributed by atoms with E-state index in [9.17, 15) is 22.4 Å². The highest BCUT2D eigenvalue weighted by Gasteiger charge is 2.40. The van der Waals surface area contributed by atoms with Gasteiger partial charge in [0.25, 0.3) is 0 Å². The van der Waals surface area contributed by atoms with E-state index in [1.54, 1.807) is 17.0 Å². The van der Waals surface area contributed by atoms with Crippen molar-refractivity contribution in [3.8, 4) is 0 Å². The average molecular weight is 585 g/mol. The van der Waals surface area contributed by atoms with Gasteiger partial charge in [-0.15, -0.1) is 0 Å². The number of nitrogens with zero attached hydrogens (tertiary/aromatic N) is 6. The van der Waals surface area contributed by atoms with E-state index >= 15 is 0 Å². The van der Waals surface area contributed by atoms with Crippen molar-refractivity contribution in [3.63, 3.8) is 0 Å². The molecule has 0 N–H and O–H groups in total. The molecule has 3 aromatic rings. The molecule has 3 heterocycles. The van der Waals surface area contributed by atoms with Gasteiger partial charge >= 0.3 is 12.2 Å². The predicted octanol–water partition coefficient (Wildman–Crippen LogP) is 6.05. The van der Waals surface area contributed by atoms with Crippen molar-refractivity contribution in [1.29, 1.82) is 0 Å². The Morgan fingerprint density at radius 2 is 1.76 bits per heavy atom. The number of benzene rings is 2. The van der Waals surface area contributed by atoms with Crippen molar-refractivity contribution < 1.29 is 22.4 Å². The summed E-state index contributed by atoms with van der Waals surface area (Å²) in [6.45, 7) is 4.57. The van der Waals surface area contributed by atoms with Crippen molar-refractivity contribution in [3.05, 3.63) is 76.7 Å². The van der Waals surface area contributed by atoms with Gasteiger partial charge in [-0.3, -0.25) is 9.58 Å². The summed E-state index contributed by atoms with van der Waals surface area (Å²) < 4.78 is 58.1. The molecule has 0 unspecified atom stereocenters. The molecule has 0 radical (unpaired) electrons. The van der Waals surface area contributed by atoms with E-state index in [2.05, 4.69) is 11.9 Å². The number of piperidine rings is 1. The third kappa shape index (κ3) is 5.71. The quantitative estimate of drug-likeness (QED) is 0.303. The molecule has 2 aliphatic heterocycles. The Morgan fingerprint density at radius 1 is 1.02 bits per heavy atom.